The number of halogens is 2. The van der Waals surface area contributed by atoms with E-state index in [0.29, 0.717) is 32.4 Å². The molecule has 1 aliphatic heterocycles. The molecule has 7 heteroatoms. The van der Waals surface area contributed by atoms with E-state index >= 15 is 0 Å². The number of hydrogen-bond acceptors (Lipinski definition) is 4. The standard InChI is InChI=1S/C14H13Cl2NO2S2/c1-19-6-2-5-17-13(18)12(21-14(17)20)7-9-3-4-10(15)8-11(9)16/h3-4,7-8H,2,5-6H2,1H3/b12-7-. The zero-order valence-electron chi connectivity index (χ0n) is 11.3. The van der Waals surface area contributed by atoms with Crippen molar-refractivity contribution in [1.82, 2.24) is 4.90 Å². The fourth-order valence-corrected chi connectivity index (χ4v) is 3.58. The normalized spacial score (nSPS) is 17.1. The maximum Gasteiger partial charge on any atom is 0.266 e. The average molecular weight is 362 g/mol. The summed E-state index contributed by atoms with van der Waals surface area (Å²) in [5.74, 6) is -0.0906. The maximum absolute atomic E-state index is 12.3. The van der Waals surface area contributed by atoms with Crippen LogP contribution in [0, 0.1) is 0 Å². The van der Waals surface area contributed by atoms with Gasteiger partial charge in [0.15, 0.2) is 0 Å². The summed E-state index contributed by atoms with van der Waals surface area (Å²) in [6.07, 6.45) is 2.49. The van der Waals surface area contributed by atoms with Crippen LogP contribution in [0.4, 0.5) is 0 Å². The molecule has 1 aromatic rings. The van der Waals surface area contributed by atoms with Crippen LogP contribution in [0.2, 0.25) is 10.0 Å². The van der Waals surface area contributed by atoms with Crippen molar-refractivity contribution < 1.29 is 9.53 Å². The lowest BCUT2D eigenvalue weighted by atomic mass is 10.2. The monoisotopic (exact) mass is 361 g/mol. The summed E-state index contributed by atoms with van der Waals surface area (Å²) >= 11 is 18.5. The zero-order chi connectivity index (χ0) is 15.4. The van der Waals surface area contributed by atoms with Crippen molar-refractivity contribution in [2.45, 2.75) is 6.42 Å². The van der Waals surface area contributed by atoms with Gasteiger partial charge in [-0.25, -0.2) is 0 Å². The number of ether oxygens (including phenoxy) is 1. The minimum absolute atomic E-state index is 0.0906. The van der Waals surface area contributed by atoms with Crippen molar-refractivity contribution in [3.05, 3.63) is 38.7 Å². The molecule has 0 atom stereocenters. The minimum atomic E-state index is -0.0906. The molecule has 0 aliphatic carbocycles. The number of benzene rings is 1. The number of thiocarbonyl (C=S) groups is 1. The van der Waals surface area contributed by atoms with E-state index in [1.165, 1.54) is 11.8 Å². The summed E-state index contributed by atoms with van der Waals surface area (Å²) < 4.78 is 5.55. The van der Waals surface area contributed by atoms with Gasteiger partial charge in [-0.2, -0.15) is 0 Å². The van der Waals surface area contributed by atoms with Crippen LogP contribution < -0.4 is 0 Å². The third-order valence-electron chi connectivity index (χ3n) is 2.85. The molecule has 0 aromatic heterocycles. The molecule has 0 radical (unpaired) electrons. The Morgan fingerprint density at radius 1 is 1.43 bits per heavy atom. The molecule has 0 N–H and O–H groups in total. The summed E-state index contributed by atoms with van der Waals surface area (Å²) in [6, 6.07) is 5.16. The highest BCUT2D eigenvalue weighted by Gasteiger charge is 2.31. The van der Waals surface area contributed by atoms with Crippen molar-refractivity contribution in [1.29, 1.82) is 0 Å². The molecule has 1 fully saturated rings. The molecule has 1 heterocycles. The lowest BCUT2D eigenvalue weighted by molar-refractivity contribution is -0.122. The van der Waals surface area contributed by atoms with Crippen molar-refractivity contribution in [2.75, 3.05) is 20.3 Å². The Morgan fingerprint density at radius 3 is 2.86 bits per heavy atom. The van der Waals surface area contributed by atoms with Crippen molar-refractivity contribution in [2.24, 2.45) is 0 Å². The fourth-order valence-electron chi connectivity index (χ4n) is 1.82. The van der Waals surface area contributed by atoms with Gasteiger partial charge >= 0.3 is 0 Å². The molecule has 112 valence electrons. The summed E-state index contributed by atoms with van der Waals surface area (Å²) in [5, 5.41) is 1.07. The van der Waals surface area contributed by atoms with Crippen molar-refractivity contribution >= 4 is 63.5 Å². The highest BCUT2D eigenvalue weighted by Crippen LogP contribution is 2.34. The van der Waals surface area contributed by atoms with Crippen LogP contribution in [0.15, 0.2) is 23.1 Å². The Bertz CT molecular complexity index is 605. The van der Waals surface area contributed by atoms with Gasteiger partial charge in [-0.1, -0.05) is 53.2 Å². The van der Waals surface area contributed by atoms with Crippen LogP contribution >= 0.6 is 47.2 Å². The first-order chi connectivity index (χ1) is 10.0. The van der Waals surface area contributed by atoms with E-state index in [2.05, 4.69) is 0 Å². The quantitative estimate of drug-likeness (QED) is 0.445. The molecule has 1 aromatic carbocycles. The van der Waals surface area contributed by atoms with Gasteiger partial charge in [0.2, 0.25) is 0 Å². The van der Waals surface area contributed by atoms with Crippen LogP contribution in [0.1, 0.15) is 12.0 Å². The van der Waals surface area contributed by atoms with E-state index in [9.17, 15) is 4.79 Å². The molecule has 0 saturated carbocycles. The van der Waals surface area contributed by atoms with E-state index < -0.39 is 0 Å². The number of carbonyl (C=O) groups is 1. The van der Waals surface area contributed by atoms with Crippen molar-refractivity contribution in [3.63, 3.8) is 0 Å². The number of nitrogens with zero attached hydrogens (tertiary/aromatic N) is 1. The van der Waals surface area contributed by atoms with Gasteiger partial charge in [0.25, 0.3) is 5.91 Å². The van der Waals surface area contributed by atoms with Crippen LogP contribution in [0.25, 0.3) is 6.08 Å². The number of amides is 1. The number of rotatable bonds is 5. The molecular formula is C14H13Cl2NO2S2. The van der Waals surface area contributed by atoms with Gasteiger partial charge < -0.3 is 4.74 Å². The van der Waals surface area contributed by atoms with E-state index in [1.807, 2.05) is 0 Å². The summed E-state index contributed by atoms with van der Waals surface area (Å²) in [6.45, 7) is 1.16. The molecular weight excluding hydrogens is 349 g/mol. The zero-order valence-corrected chi connectivity index (χ0v) is 14.4. The summed E-state index contributed by atoms with van der Waals surface area (Å²) in [4.78, 5) is 14.5. The van der Waals surface area contributed by atoms with Crippen molar-refractivity contribution in [3.8, 4) is 0 Å². The van der Waals surface area contributed by atoms with E-state index in [0.717, 1.165) is 12.0 Å². The smallest absolute Gasteiger partial charge is 0.266 e. The molecule has 0 unspecified atom stereocenters. The first-order valence-corrected chi connectivity index (χ1v) is 8.20. The Hall–Kier alpha value is -0.590. The third-order valence-corrected chi connectivity index (χ3v) is 4.79. The van der Waals surface area contributed by atoms with Crippen LogP contribution in [-0.4, -0.2) is 35.4 Å². The highest BCUT2D eigenvalue weighted by atomic mass is 35.5. The van der Waals surface area contributed by atoms with Gasteiger partial charge in [0, 0.05) is 30.3 Å². The topological polar surface area (TPSA) is 29.5 Å². The summed E-state index contributed by atoms with van der Waals surface area (Å²) in [5.41, 5.74) is 0.749. The largest absolute Gasteiger partial charge is 0.385 e. The van der Waals surface area contributed by atoms with E-state index in [1.54, 1.807) is 36.3 Å². The lowest BCUT2D eigenvalue weighted by Gasteiger charge is -2.13. The van der Waals surface area contributed by atoms with E-state index in [4.69, 9.17) is 40.2 Å². The number of thioether (sulfide) groups is 1. The van der Waals surface area contributed by atoms with Gasteiger partial charge in [0.1, 0.15) is 4.32 Å². The minimum Gasteiger partial charge on any atom is -0.385 e. The predicted octanol–water partition coefficient (Wildman–Crippen LogP) is 4.23. The molecule has 1 saturated heterocycles. The second kappa shape index (κ2) is 7.61. The predicted molar refractivity (Wildman–Crippen MR) is 92.8 cm³/mol. The molecule has 21 heavy (non-hydrogen) atoms. The van der Waals surface area contributed by atoms with Crippen LogP contribution in [0.5, 0.6) is 0 Å². The number of methoxy groups -OCH3 is 1. The lowest BCUT2D eigenvalue weighted by Crippen LogP contribution is -2.29. The maximum atomic E-state index is 12.3. The average Bonchev–Trinajstić information content (AvgIpc) is 2.69. The number of carbonyl (C=O) groups excluding carboxylic acids is 1. The Kier molecular flexibility index (Phi) is 6.08. The molecule has 0 spiro atoms. The van der Waals surface area contributed by atoms with E-state index in [-0.39, 0.29) is 5.91 Å². The van der Waals surface area contributed by atoms with Crippen LogP contribution in [0.3, 0.4) is 0 Å². The second-order valence-electron chi connectivity index (χ2n) is 4.35. The van der Waals surface area contributed by atoms with Gasteiger partial charge in [-0.05, 0) is 30.2 Å². The molecule has 2 rings (SSSR count). The molecule has 0 bridgehead atoms. The first kappa shape index (κ1) is 16.8. The second-order valence-corrected chi connectivity index (χ2v) is 6.86. The van der Waals surface area contributed by atoms with Gasteiger partial charge in [-0.3, -0.25) is 9.69 Å². The number of hydrogen-bond donors (Lipinski definition) is 0. The Labute approximate surface area is 143 Å². The Balaban J connectivity index is 2.16. The third kappa shape index (κ3) is 4.20. The molecule has 1 amide bonds. The van der Waals surface area contributed by atoms with Crippen LogP contribution in [-0.2, 0) is 9.53 Å². The van der Waals surface area contributed by atoms with Gasteiger partial charge in [0.05, 0.1) is 4.91 Å². The Morgan fingerprint density at radius 2 is 2.19 bits per heavy atom. The first-order valence-electron chi connectivity index (χ1n) is 6.22. The molecule has 1 aliphatic rings. The fraction of sp³-hybridized carbons (Fsp3) is 0.286. The van der Waals surface area contributed by atoms with Gasteiger partial charge in [-0.15, -0.1) is 0 Å². The summed E-state index contributed by atoms with van der Waals surface area (Å²) in [7, 11) is 1.63. The SMILES string of the molecule is COCCCN1C(=O)/C(=C/c2ccc(Cl)cc2Cl)SC1=S. The molecule has 3 nitrogen and oxygen atoms in total. The highest BCUT2D eigenvalue weighted by molar-refractivity contribution is 8.26.